The number of nitrogens with zero attached hydrogens (tertiary/aromatic N) is 3. The van der Waals surface area contributed by atoms with Crippen molar-refractivity contribution in [1.82, 2.24) is 14.7 Å². The standard InChI is InChI=1S/C24H38N4O5/c1-8-22(29)25-18-9-10-20-19(11-18)24(31)27(6)13-21(32-7)16(2)12-28(17(3)15-33-20)23(30)14-26(4)5/h9-11,16-17,21H,8,12-15H2,1-7H3,(H,25,29)/t16-,17+,21+/m1/s1. The summed E-state index contributed by atoms with van der Waals surface area (Å²) in [5, 5.41) is 2.79. The number of ether oxygens (including phenoxy) is 2. The number of carbonyl (C=O) groups is 3. The second-order valence-corrected chi connectivity index (χ2v) is 8.99. The van der Waals surface area contributed by atoms with Gasteiger partial charge in [-0.2, -0.15) is 0 Å². The summed E-state index contributed by atoms with van der Waals surface area (Å²) in [5.74, 6) is 0.0585. The van der Waals surface area contributed by atoms with E-state index in [0.717, 1.165) is 0 Å². The Morgan fingerprint density at radius 1 is 1.24 bits per heavy atom. The molecule has 0 saturated carbocycles. The maximum Gasteiger partial charge on any atom is 0.257 e. The van der Waals surface area contributed by atoms with Crippen LogP contribution in [0.2, 0.25) is 0 Å². The van der Waals surface area contributed by atoms with Gasteiger partial charge in [0.25, 0.3) is 5.91 Å². The number of amides is 3. The molecule has 1 N–H and O–H groups in total. The van der Waals surface area contributed by atoms with Crippen LogP contribution in [0.5, 0.6) is 5.75 Å². The summed E-state index contributed by atoms with van der Waals surface area (Å²) in [6.07, 6.45) is 0.0796. The highest BCUT2D eigenvalue weighted by molar-refractivity contribution is 5.99. The summed E-state index contributed by atoms with van der Waals surface area (Å²) >= 11 is 0. The second-order valence-electron chi connectivity index (χ2n) is 8.99. The van der Waals surface area contributed by atoms with E-state index in [1.807, 2.05) is 37.7 Å². The van der Waals surface area contributed by atoms with Gasteiger partial charge in [0.2, 0.25) is 11.8 Å². The number of benzene rings is 1. The maximum atomic E-state index is 13.3. The van der Waals surface area contributed by atoms with Gasteiger partial charge in [-0.15, -0.1) is 0 Å². The highest BCUT2D eigenvalue weighted by atomic mass is 16.5. The molecule has 1 aromatic rings. The molecule has 0 aliphatic carbocycles. The molecule has 0 radical (unpaired) electrons. The molecule has 1 aliphatic rings. The van der Waals surface area contributed by atoms with Crippen LogP contribution in [-0.2, 0) is 14.3 Å². The molecule has 0 spiro atoms. The zero-order valence-electron chi connectivity index (χ0n) is 20.9. The Labute approximate surface area is 197 Å². The van der Waals surface area contributed by atoms with Crippen molar-refractivity contribution in [2.24, 2.45) is 5.92 Å². The number of anilines is 1. The van der Waals surface area contributed by atoms with E-state index in [1.54, 1.807) is 44.2 Å². The van der Waals surface area contributed by atoms with Crippen molar-refractivity contribution < 1.29 is 23.9 Å². The lowest BCUT2D eigenvalue weighted by atomic mass is 10.0. The van der Waals surface area contributed by atoms with Gasteiger partial charge in [-0.1, -0.05) is 13.8 Å². The fraction of sp³-hybridized carbons (Fsp3) is 0.625. The normalized spacial score (nSPS) is 22.2. The lowest BCUT2D eigenvalue weighted by Crippen LogP contribution is -2.50. The van der Waals surface area contributed by atoms with E-state index in [4.69, 9.17) is 9.47 Å². The van der Waals surface area contributed by atoms with Crippen molar-refractivity contribution in [1.29, 1.82) is 0 Å². The average molecular weight is 463 g/mol. The number of fused-ring (bicyclic) bond motifs is 1. The Morgan fingerprint density at radius 2 is 1.94 bits per heavy atom. The predicted molar refractivity (Wildman–Crippen MR) is 128 cm³/mol. The number of hydrogen-bond donors (Lipinski definition) is 1. The number of carbonyl (C=O) groups excluding carboxylic acids is 3. The summed E-state index contributed by atoms with van der Waals surface area (Å²) in [6.45, 7) is 7.10. The van der Waals surface area contributed by atoms with Gasteiger partial charge in [-0.05, 0) is 39.2 Å². The molecular weight excluding hydrogens is 424 g/mol. The lowest BCUT2D eigenvalue weighted by Gasteiger charge is -2.36. The Kier molecular flexibility index (Phi) is 9.67. The van der Waals surface area contributed by atoms with Gasteiger partial charge in [-0.25, -0.2) is 0 Å². The number of nitrogens with one attached hydrogen (secondary N) is 1. The van der Waals surface area contributed by atoms with E-state index in [0.29, 0.717) is 43.1 Å². The first-order valence-electron chi connectivity index (χ1n) is 11.4. The summed E-state index contributed by atoms with van der Waals surface area (Å²) in [7, 11) is 7.06. The molecule has 0 fully saturated rings. The first kappa shape index (κ1) is 26.6. The molecule has 9 nitrogen and oxygen atoms in total. The highest BCUT2D eigenvalue weighted by Gasteiger charge is 2.30. The molecular formula is C24H38N4O5. The number of methoxy groups -OCH3 is 1. The van der Waals surface area contributed by atoms with Gasteiger partial charge >= 0.3 is 0 Å². The zero-order valence-corrected chi connectivity index (χ0v) is 20.9. The fourth-order valence-electron chi connectivity index (χ4n) is 3.81. The Morgan fingerprint density at radius 3 is 2.55 bits per heavy atom. The quantitative estimate of drug-likeness (QED) is 0.719. The van der Waals surface area contributed by atoms with E-state index in [1.165, 1.54) is 0 Å². The number of likely N-dealkylation sites (N-methyl/N-ethyl adjacent to an activating group) is 2. The van der Waals surface area contributed by atoms with Crippen molar-refractivity contribution in [2.75, 3.05) is 59.8 Å². The van der Waals surface area contributed by atoms with Crippen LogP contribution in [0.25, 0.3) is 0 Å². The Bertz CT molecular complexity index is 844. The largest absolute Gasteiger partial charge is 0.491 e. The maximum absolute atomic E-state index is 13.3. The molecule has 3 amide bonds. The topological polar surface area (TPSA) is 91.4 Å². The molecule has 0 bridgehead atoms. The Balaban J connectivity index is 2.44. The monoisotopic (exact) mass is 462 g/mol. The summed E-state index contributed by atoms with van der Waals surface area (Å²) < 4.78 is 11.8. The SMILES string of the molecule is CCC(=O)Nc1ccc2c(c1)C(=O)N(C)C[C@H](OC)[C@H](C)CN(C(=O)CN(C)C)[C@@H](C)CO2. The van der Waals surface area contributed by atoms with Crippen molar-refractivity contribution in [3.63, 3.8) is 0 Å². The van der Waals surface area contributed by atoms with Crippen LogP contribution in [-0.4, -0.2) is 99.1 Å². The molecule has 1 heterocycles. The van der Waals surface area contributed by atoms with Crippen LogP contribution < -0.4 is 10.1 Å². The van der Waals surface area contributed by atoms with E-state index in [9.17, 15) is 14.4 Å². The third-order valence-corrected chi connectivity index (χ3v) is 5.82. The van der Waals surface area contributed by atoms with Crippen LogP contribution >= 0.6 is 0 Å². The van der Waals surface area contributed by atoms with Crippen molar-refractivity contribution in [3.05, 3.63) is 23.8 Å². The van der Waals surface area contributed by atoms with Crippen LogP contribution in [0, 0.1) is 5.92 Å². The molecule has 3 atom stereocenters. The minimum absolute atomic E-state index is 0.00659. The van der Waals surface area contributed by atoms with Gasteiger partial charge in [-0.3, -0.25) is 14.4 Å². The van der Waals surface area contributed by atoms with Crippen LogP contribution in [0.1, 0.15) is 37.6 Å². The summed E-state index contributed by atoms with van der Waals surface area (Å²) in [5.41, 5.74) is 0.887. The third kappa shape index (κ3) is 7.17. The third-order valence-electron chi connectivity index (χ3n) is 5.82. The summed E-state index contributed by atoms with van der Waals surface area (Å²) in [4.78, 5) is 43.4. The molecule has 0 saturated heterocycles. The van der Waals surface area contributed by atoms with Gasteiger partial charge in [0.05, 0.1) is 24.3 Å². The van der Waals surface area contributed by atoms with Gasteiger partial charge < -0.3 is 29.5 Å². The molecule has 2 rings (SSSR count). The molecule has 1 aromatic carbocycles. The van der Waals surface area contributed by atoms with Crippen molar-refractivity contribution in [3.8, 4) is 5.75 Å². The average Bonchev–Trinajstić information content (AvgIpc) is 2.77. The highest BCUT2D eigenvalue weighted by Crippen LogP contribution is 2.26. The molecule has 184 valence electrons. The minimum Gasteiger partial charge on any atom is -0.491 e. The second kappa shape index (κ2) is 12.0. The molecule has 9 heteroatoms. The zero-order chi connectivity index (χ0) is 24.7. The van der Waals surface area contributed by atoms with Crippen LogP contribution in [0.15, 0.2) is 18.2 Å². The van der Waals surface area contributed by atoms with Crippen molar-refractivity contribution in [2.45, 2.75) is 39.3 Å². The summed E-state index contributed by atoms with van der Waals surface area (Å²) in [6, 6.07) is 4.83. The first-order chi connectivity index (χ1) is 15.6. The van der Waals surface area contributed by atoms with E-state index >= 15 is 0 Å². The van der Waals surface area contributed by atoms with E-state index < -0.39 is 0 Å². The molecule has 1 aliphatic heterocycles. The molecule has 0 aromatic heterocycles. The van der Waals surface area contributed by atoms with Crippen LogP contribution in [0.3, 0.4) is 0 Å². The number of hydrogen-bond acceptors (Lipinski definition) is 6. The molecule has 33 heavy (non-hydrogen) atoms. The fourth-order valence-corrected chi connectivity index (χ4v) is 3.81. The van der Waals surface area contributed by atoms with E-state index in [2.05, 4.69) is 5.32 Å². The van der Waals surface area contributed by atoms with E-state index in [-0.39, 0.29) is 42.4 Å². The smallest absolute Gasteiger partial charge is 0.257 e. The van der Waals surface area contributed by atoms with Gasteiger partial charge in [0.1, 0.15) is 12.4 Å². The Hall–Kier alpha value is -2.65. The van der Waals surface area contributed by atoms with Crippen molar-refractivity contribution >= 4 is 23.4 Å². The lowest BCUT2D eigenvalue weighted by molar-refractivity contribution is -0.136. The molecule has 0 unspecified atom stereocenters. The predicted octanol–water partition coefficient (Wildman–Crippen LogP) is 1.93. The van der Waals surface area contributed by atoms with Gasteiger partial charge in [0.15, 0.2) is 0 Å². The first-order valence-corrected chi connectivity index (χ1v) is 11.4. The van der Waals surface area contributed by atoms with Gasteiger partial charge in [0, 0.05) is 45.3 Å². The minimum atomic E-state index is -0.257. The number of rotatable bonds is 5. The van der Waals surface area contributed by atoms with Crippen LogP contribution in [0.4, 0.5) is 5.69 Å².